The molecule has 9 aromatic rings. The van der Waals surface area contributed by atoms with Gasteiger partial charge < -0.3 is 9.80 Å². The molecule has 6 heteroatoms. The standard InChI is InChI=1S/C66H56N6/c1-63(2)43-25-9-17-33-51(43)69(52-34-18-10-26-44(52)63)59-42(41-67)60(70-53-35-19-11-27-45(53)64(3,4)46-28-12-20-36-54(46)70)62(72-57-39-23-15-31-49(57)66(7,8)50-32-16-24-40-58(50)72)68-61(59)71-55-37-21-13-29-47(55)65(5,6)48-30-14-22-38-56(48)71/h9-40H,1-8H3. The Morgan fingerprint density at radius 1 is 0.292 bits per heavy atom. The molecule has 8 aromatic carbocycles. The zero-order valence-corrected chi connectivity index (χ0v) is 42.2. The van der Waals surface area contributed by atoms with Crippen LogP contribution in [0.3, 0.4) is 0 Å². The van der Waals surface area contributed by atoms with Crippen LogP contribution in [0.2, 0.25) is 0 Å². The first-order valence-corrected chi connectivity index (χ1v) is 25.2. The molecule has 0 fully saturated rings. The third-order valence-electron chi connectivity index (χ3n) is 16.6. The van der Waals surface area contributed by atoms with Crippen molar-refractivity contribution in [3.05, 3.63) is 244 Å². The van der Waals surface area contributed by atoms with Crippen molar-refractivity contribution in [2.45, 2.75) is 77.0 Å². The summed E-state index contributed by atoms with van der Waals surface area (Å²) >= 11 is 0. The van der Waals surface area contributed by atoms with Crippen LogP contribution in [0.4, 0.5) is 68.5 Å². The lowest BCUT2D eigenvalue weighted by molar-refractivity contribution is 0.628. The van der Waals surface area contributed by atoms with Gasteiger partial charge >= 0.3 is 0 Å². The Labute approximate surface area is 423 Å². The Morgan fingerprint density at radius 3 is 0.667 bits per heavy atom. The molecule has 72 heavy (non-hydrogen) atoms. The Kier molecular flexibility index (Phi) is 9.27. The Hall–Kier alpha value is -8.40. The molecular formula is C66H56N6. The number of rotatable bonds is 4. The number of pyridine rings is 1. The zero-order valence-electron chi connectivity index (χ0n) is 42.2. The summed E-state index contributed by atoms with van der Waals surface area (Å²) in [5.41, 5.74) is 18.0. The number of hydrogen-bond donors (Lipinski definition) is 0. The predicted molar refractivity (Wildman–Crippen MR) is 296 cm³/mol. The van der Waals surface area contributed by atoms with E-state index in [9.17, 15) is 5.26 Å². The van der Waals surface area contributed by atoms with Gasteiger partial charge in [-0.05, 0) is 93.0 Å². The fourth-order valence-corrected chi connectivity index (χ4v) is 13.0. The van der Waals surface area contributed by atoms with Crippen LogP contribution in [0.1, 0.15) is 105 Å². The third-order valence-corrected chi connectivity index (χ3v) is 16.6. The van der Waals surface area contributed by atoms with Crippen molar-refractivity contribution in [1.82, 2.24) is 4.98 Å². The van der Waals surface area contributed by atoms with Gasteiger partial charge in [0.05, 0.1) is 45.5 Å². The van der Waals surface area contributed by atoms with Crippen LogP contribution in [0.25, 0.3) is 0 Å². The molecule has 0 radical (unpaired) electrons. The minimum atomic E-state index is -0.356. The normalized spacial score (nSPS) is 16.7. The van der Waals surface area contributed by atoms with Crippen molar-refractivity contribution < 1.29 is 0 Å². The van der Waals surface area contributed by atoms with Gasteiger partial charge in [0.15, 0.2) is 11.6 Å². The van der Waals surface area contributed by atoms with Crippen LogP contribution in [-0.2, 0) is 21.7 Å². The van der Waals surface area contributed by atoms with E-state index in [0.29, 0.717) is 28.6 Å². The fourth-order valence-electron chi connectivity index (χ4n) is 13.0. The maximum atomic E-state index is 12.8. The molecule has 13 rings (SSSR count). The number of hydrogen-bond acceptors (Lipinski definition) is 6. The highest BCUT2D eigenvalue weighted by Crippen LogP contribution is 2.64. The highest BCUT2D eigenvalue weighted by Gasteiger charge is 2.47. The maximum Gasteiger partial charge on any atom is 0.166 e. The average molecular weight is 933 g/mol. The van der Waals surface area contributed by atoms with E-state index >= 15 is 0 Å². The van der Waals surface area contributed by atoms with Crippen LogP contribution in [0.5, 0.6) is 0 Å². The molecule has 0 bridgehead atoms. The second-order valence-electron chi connectivity index (χ2n) is 21.9. The highest BCUT2D eigenvalue weighted by molar-refractivity contribution is 6.06. The summed E-state index contributed by atoms with van der Waals surface area (Å²) in [4.78, 5) is 15.8. The zero-order chi connectivity index (χ0) is 49.5. The van der Waals surface area contributed by atoms with Gasteiger partial charge in [-0.15, -0.1) is 0 Å². The molecular weight excluding hydrogens is 877 g/mol. The predicted octanol–water partition coefficient (Wildman–Crippen LogP) is 17.4. The summed E-state index contributed by atoms with van der Waals surface area (Å²) < 4.78 is 0. The first-order chi connectivity index (χ1) is 34.8. The van der Waals surface area contributed by atoms with Crippen molar-refractivity contribution in [1.29, 1.82) is 5.26 Å². The summed E-state index contributed by atoms with van der Waals surface area (Å²) in [6.07, 6.45) is 0. The van der Waals surface area contributed by atoms with Gasteiger partial charge in [0.2, 0.25) is 0 Å². The SMILES string of the molecule is CC1(C)c2ccccc2N(c2nc(N3c4ccccc4C(C)(C)c4ccccc43)c(N3c4ccccc4C(C)(C)c4ccccc43)c(C#N)c2N2c3ccccc3C(C)(C)c3ccccc32)c2ccccc21. The monoisotopic (exact) mass is 932 g/mol. The molecule has 0 atom stereocenters. The lowest BCUT2D eigenvalue weighted by Crippen LogP contribution is -2.36. The van der Waals surface area contributed by atoms with Crippen molar-refractivity contribution >= 4 is 68.5 Å². The van der Waals surface area contributed by atoms with Crippen molar-refractivity contribution in [3.8, 4) is 6.07 Å². The lowest BCUT2D eigenvalue weighted by Gasteiger charge is -2.48. The van der Waals surface area contributed by atoms with E-state index in [1.807, 2.05) is 0 Å². The molecule has 0 aliphatic carbocycles. The molecule has 350 valence electrons. The van der Waals surface area contributed by atoms with Crippen molar-refractivity contribution in [2.24, 2.45) is 0 Å². The first-order valence-electron chi connectivity index (χ1n) is 25.2. The second kappa shape index (κ2) is 15.3. The van der Waals surface area contributed by atoms with Crippen LogP contribution in [0, 0.1) is 11.3 Å². The topological polar surface area (TPSA) is 49.6 Å². The van der Waals surface area contributed by atoms with Crippen LogP contribution < -0.4 is 19.6 Å². The van der Waals surface area contributed by atoms with Gasteiger partial charge in [-0.1, -0.05) is 201 Å². The number of fused-ring (bicyclic) bond motifs is 8. The number of para-hydroxylation sites is 8. The Bertz CT molecular complexity index is 3340. The number of benzene rings is 8. The summed E-state index contributed by atoms with van der Waals surface area (Å²) in [5.74, 6) is 1.31. The largest absolute Gasteiger partial charge is 0.305 e. The minimum Gasteiger partial charge on any atom is -0.305 e. The molecule has 0 N–H and O–H groups in total. The Morgan fingerprint density at radius 2 is 0.472 bits per heavy atom. The van der Waals surface area contributed by atoms with Gasteiger partial charge in [-0.3, -0.25) is 9.80 Å². The van der Waals surface area contributed by atoms with Gasteiger partial charge in [0.25, 0.3) is 0 Å². The summed E-state index contributed by atoms with van der Waals surface area (Å²) in [5, 5.41) is 12.8. The van der Waals surface area contributed by atoms with E-state index in [0.717, 1.165) is 45.5 Å². The lowest BCUT2D eigenvalue weighted by atomic mass is 9.72. The number of nitriles is 1. The van der Waals surface area contributed by atoms with Gasteiger partial charge in [0.1, 0.15) is 23.0 Å². The molecule has 0 saturated heterocycles. The number of aromatic nitrogens is 1. The quantitative estimate of drug-likeness (QED) is 0.175. The van der Waals surface area contributed by atoms with Crippen LogP contribution in [-0.4, -0.2) is 4.98 Å². The minimum absolute atomic E-state index is 0.344. The van der Waals surface area contributed by atoms with Crippen molar-refractivity contribution in [3.63, 3.8) is 0 Å². The summed E-state index contributed by atoms with van der Waals surface area (Å²) in [6.45, 7) is 18.5. The molecule has 0 amide bonds. The molecule has 6 nitrogen and oxygen atoms in total. The smallest absolute Gasteiger partial charge is 0.166 e. The summed E-state index contributed by atoms with van der Waals surface area (Å²) in [6, 6.07) is 73.1. The first kappa shape index (κ1) is 43.6. The Balaban J connectivity index is 1.27. The number of nitrogens with zero attached hydrogens (tertiary/aromatic N) is 6. The van der Waals surface area contributed by atoms with E-state index in [-0.39, 0.29) is 21.7 Å². The van der Waals surface area contributed by atoms with Gasteiger partial charge in [-0.2, -0.15) is 5.26 Å². The molecule has 0 saturated carbocycles. The summed E-state index contributed by atoms with van der Waals surface area (Å²) in [7, 11) is 0. The maximum absolute atomic E-state index is 12.8. The third kappa shape index (κ3) is 5.79. The van der Waals surface area contributed by atoms with Gasteiger partial charge in [0, 0.05) is 21.7 Å². The van der Waals surface area contributed by atoms with E-state index < -0.39 is 0 Å². The molecule has 5 heterocycles. The van der Waals surface area contributed by atoms with E-state index in [4.69, 9.17) is 4.98 Å². The van der Waals surface area contributed by atoms with E-state index in [1.165, 1.54) is 44.5 Å². The second-order valence-corrected chi connectivity index (χ2v) is 21.9. The van der Waals surface area contributed by atoms with Gasteiger partial charge in [-0.25, -0.2) is 4.98 Å². The molecule has 0 unspecified atom stereocenters. The molecule has 4 aliphatic heterocycles. The van der Waals surface area contributed by atoms with Crippen LogP contribution >= 0.6 is 0 Å². The van der Waals surface area contributed by atoms with Crippen LogP contribution in [0.15, 0.2) is 194 Å². The fraction of sp³-hybridized carbons (Fsp3) is 0.182. The van der Waals surface area contributed by atoms with E-state index in [2.05, 4.69) is 275 Å². The average Bonchev–Trinajstić information content (AvgIpc) is 3.40. The number of anilines is 12. The molecule has 0 spiro atoms. The van der Waals surface area contributed by atoms with Crippen molar-refractivity contribution in [2.75, 3.05) is 19.6 Å². The molecule has 4 aliphatic rings. The van der Waals surface area contributed by atoms with E-state index in [1.54, 1.807) is 0 Å². The highest BCUT2D eigenvalue weighted by atomic mass is 15.3. The molecule has 1 aromatic heterocycles.